The predicted octanol–water partition coefficient (Wildman–Crippen LogP) is 3.02. The van der Waals surface area contributed by atoms with Crippen LogP contribution in [0.4, 0.5) is 5.69 Å². The third kappa shape index (κ3) is 4.33. The summed E-state index contributed by atoms with van der Waals surface area (Å²) in [5.41, 5.74) is 3.01. The van der Waals surface area contributed by atoms with Gasteiger partial charge in [-0.05, 0) is 36.8 Å². The Morgan fingerprint density at radius 3 is 2.40 bits per heavy atom. The van der Waals surface area contributed by atoms with E-state index in [0.29, 0.717) is 11.7 Å². The Hall–Kier alpha value is -1.91. The van der Waals surface area contributed by atoms with Crippen LogP contribution >= 0.6 is 12.2 Å². The first-order valence-electron chi connectivity index (χ1n) is 6.49. The molecule has 0 aromatic heterocycles. The van der Waals surface area contributed by atoms with Gasteiger partial charge in [-0.1, -0.05) is 48.0 Å². The van der Waals surface area contributed by atoms with Crippen molar-refractivity contribution >= 4 is 23.0 Å². The number of aliphatic hydroxyl groups excluding tert-OH is 1. The number of aliphatic hydroxyl groups is 1. The summed E-state index contributed by atoms with van der Waals surface area (Å²) in [4.78, 5) is 0. The SMILES string of the molecule is Cc1ccc(NC(=S)NC[C@H](O)c2ccccc2)cc1. The molecule has 4 heteroatoms. The third-order valence-electron chi connectivity index (χ3n) is 2.95. The van der Waals surface area contributed by atoms with Gasteiger partial charge in [0.2, 0.25) is 0 Å². The van der Waals surface area contributed by atoms with Crippen LogP contribution < -0.4 is 10.6 Å². The molecule has 2 aromatic rings. The summed E-state index contributed by atoms with van der Waals surface area (Å²) in [6, 6.07) is 17.5. The van der Waals surface area contributed by atoms with E-state index in [1.165, 1.54) is 5.56 Å². The number of hydrogen-bond donors (Lipinski definition) is 3. The van der Waals surface area contributed by atoms with Gasteiger partial charge in [-0.3, -0.25) is 0 Å². The lowest BCUT2D eigenvalue weighted by atomic mass is 10.1. The zero-order chi connectivity index (χ0) is 14.4. The zero-order valence-electron chi connectivity index (χ0n) is 11.3. The Labute approximate surface area is 124 Å². The van der Waals surface area contributed by atoms with Gasteiger partial charge in [-0.2, -0.15) is 0 Å². The molecule has 104 valence electrons. The molecule has 0 spiro atoms. The van der Waals surface area contributed by atoms with Crippen molar-refractivity contribution in [1.29, 1.82) is 0 Å². The molecule has 0 bridgehead atoms. The highest BCUT2D eigenvalue weighted by Gasteiger charge is 2.07. The molecule has 0 aliphatic heterocycles. The molecule has 3 N–H and O–H groups in total. The molecule has 20 heavy (non-hydrogen) atoms. The average Bonchev–Trinajstić information content (AvgIpc) is 2.48. The maximum absolute atomic E-state index is 10.0. The topological polar surface area (TPSA) is 44.3 Å². The van der Waals surface area contributed by atoms with Crippen molar-refractivity contribution in [3.8, 4) is 0 Å². The van der Waals surface area contributed by atoms with Crippen LogP contribution in [0.1, 0.15) is 17.2 Å². The summed E-state index contributed by atoms with van der Waals surface area (Å²) >= 11 is 5.20. The van der Waals surface area contributed by atoms with Gasteiger partial charge < -0.3 is 15.7 Å². The number of thiocarbonyl (C=S) groups is 1. The largest absolute Gasteiger partial charge is 0.387 e. The molecule has 0 saturated carbocycles. The summed E-state index contributed by atoms with van der Waals surface area (Å²) in [5, 5.41) is 16.6. The maximum Gasteiger partial charge on any atom is 0.170 e. The smallest absolute Gasteiger partial charge is 0.170 e. The minimum atomic E-state index is -0.575. The highest BCUT2D eigenvalue weighted by atomic mass is 32.1. The first-order valence-corrected chi connectivity index (χ1v) is 6.90. The van der Waals surface area contributed by atoms with E-state index in [0.717, 1.165) is 11.3 Å². The fourth-order valence-electron chi connectivity index (χ4n) is 1.79. The molecule has 0 aliphatic carbocycles. The van der Waals surface area contributed by atoms with E-state index in [4.69, 9.17) is 12.2 Å². The monoisotopic (exact) mass is 286 g/mol. The molecule has 0 amide bonds. The summed E-state index contributed by atoms with van der Waals surface area (Å²) in [6.07, 6.45) is -0.575. The fourth-order valence-corrected chi connectivity index (χ4v) is 2.00. The number of benzene rings is 2. The van der Waals surface area contributed by atoms with Gasteiger partial charge >= 0.3 is 0 Å². The predicted molar refractivity (Wildman–Crippen MR) is 86.8 cm³/mol. The molecule has 0 unspecified atom stereocenters. The molecule has 0 saturated heterocycles. The number of hydrogen-bond acceptors (Lipinski definition) is 2. The number of aryl methyl sites for hydroxylation is 1. The molecule has 1 atom stereocenters. The summed E-state index contributed by atoms with van der Waals surface area (Å²) in [7, 11) is 0. The van der Waals surface area contributed by atoms with Gasteiger partial charge in [0.05, 0.1) is 6.10 Å². The highest BCUT2D eigenvalue weighted by Crippen LogP contribution is 2.11. The molecule has 0 heterocycles. The molecular weight excluding hydrogens is 268 g/mol. The number of rotatable bonds is 4. The van der Waals surface area contributed by atoms with Gasteiger partial charge in [0.1, 0.15) is 0 Å². The van der Waals surface area contributed by atoms with Gasteiger partial charge in [0.15, 0.2) is 5.11 Å². The second-order valence-electron chi connectivity index (χ2n) is 4.63. The van der Waals surface area contributed by atoms with Crippen molar-refractivity contribution in [3.05, 3.63) is 65.7 Å². The highest BCUT2D eigenvalue weighted by molar-refractivity contribution is 7.80. The van der Waals surface area contributed by atoms with Crippen LogP contribution in [0.3, 0.4) is 0 Å². The Bertz CT molecular complexity index is 554. The van der Waals surface area contributed by atoms with E-state index >= 15 is 0 Å². The lowest BCUT2D eigenvalue weighted by Gasteiger charge is -2.15. The molecule has 0 radical (unpaired) electrons. The van der Waals surface area contributed by atoms with Crippen LogP contribution in [0.2, 0.25) is 0 Å². The maximum atomic E-state index is 10.0. The van der Waals surface area contributed by atoms with E-state index in [1.807, 2.05) is 61.5 Å². The van der Waals surface area contributed by atoms with Crippen molar-refractivity contribution < 1.29 is 5.11 Å². The van der Waals surface area contributed by atoms with Gasteiger partial charge in [-0.25, -0.2) is 0 Å². The van der Waals surface area contributed by atoms with Crippen LogP contribution in [-0.4, -0.2) is 16.8 Å². The lowest BCUT2D eigenvalue weighted by molar-refractivity contribution is 0.181. The fraction of sp³-hybridized carbons (Fsp3) is 0.188. The summed E-state index contributed by atoms with van der Waals surface area (Å²) in [6.45, 7) is 2.41. The van der Waals surface area contributed by atoms with Gasteiger partial charge in [-0.15, -0.1) is 0 Å². The minimum Gasteiger partial charge on any atom is -0.387 e. The van der Waals surface area contributed by atoms with Crippen molar-refractivity contribution in [3.63, 3.8) is 0 Å². The van der Waals surface area contributed by atoms with Crippen molar-refractivity contribution in [2.24, 2.45) is 0 Å². The van der Waals surface area contributed by atoms with E-state index in [9.17, 15) is 5.11 Å². The lowest BCUT2D eigenvalue weighted by Crippen LogP contribution is -2.32. The molecule has 2 aromatic carbocycles. The molecule has 3 nitrogen and oxygen atoms in total. The van der Waals surface area contributed by atoms with Gasteiger partial charge in [0.25, 0.3) is 0 Å². The van der Waals surface area contributed by atoms with Crippen molar-refractivity contribution in [2.45, 2.75) is 13.0 Å². The second-order valence-corrected chi connectivity index (χ2v) is 5.04. The van der Waals surface area contributed by atoms with Crippen LogP contribution in [0, 0.1) is 6.92 Å². The van der Waals surface area contributed by atoms with E-state index in [1.54, 1.807) is 0 Å². The van der Waals surface area contributed by atoms with E-state index in [2.05, 4.69) is 10.6 Å². The molecule has 0 aliphatic rings. The van der Waals surface area contributed by atoms with Crippen LogP contribution in [0.15, 0.2) is 54.6 Å². The van der Waals surface area contributed by atoms with Gasteiger partial charge in [0, 0.05) is 12.2 Å². The number of anilines is 1. The Kier molecular flexibility index (Phi) is 5.09. The quantitative estimate of drug-likeness (QED) is 0.756. The first kappa shape index (κ1) is 14.5. The second kappa shape index (κ2) is 7.03. The summed E-state index contributed by atoms with van der Waals surface area (Å²) < 4.78 is 0. The molecule has 0 fully saturated rings. The third-order valence-corrected chi connectivity index (χ3v) is 3.20. The van der Waals surface area contributed by atoms with Crippen molar-refractivity contribution in [1.82, 2.24) is 5.32 Å². The van der Waals surface area contributed by atoms with Crippen LogP contribution in [-0.2, 0) is 0 Å². The first-order chi connectivity index (χ1) is 9.65. The van der Waals surface area contributed by atoms with E-state index < -0.39 is 6.10 Å². The standard InChI is InChI=1S/C16H18N2OS/c1-12-7-9-14(10-8-12)18-16(20)17-11-15(19)13-5-3-2-4-6-13/h2-10,15,19H,11H2,1H3,(H2,17,18,20)/t15-/m0/s1. The van der Waals surface area contributed by atoms with Crippen LogP contribution in [0.5, 0.6) is 0 Å². The van der Waals surface area contributed by atoms with Crippen molar-refractivity contribution in [2.75, 3.05) is 11.9 Å². The Balaban J connectivity index is 1.82. The number of nitrogens with one attached hydrogen (secondary N) is 2. The van der Waals surface area contributed by atoms with Crippen LogP contribution in [0.25, 0.3) is 0 Å². The van der Waals surface area contributed by atoms with E-state index in [-0.39, 0.29) is 0 Å². The zero-order valence-corrected chi connectivity index (χ0v) is 12.2. The summed E-state index contributed by atoms with van der Waals surface area (Å²) in [5.74, 6) is 0. The molecule has 2 rings (SSSR count). The Morgan fingerprint density at radius 2 is 1.75 bits per heavy atom. The molecular formula is C16H18N2OS. The Morgan fingerprint density at radius 1 is 1.10 bits per heavy atom. The average molecular weight is 286 g/mol. The minimum absolute atomic E-state index is 0.377. The normalized spacial score (nSPS) is 11.7.